The second kappa shape index (κ2) is 8.91. The molecule has 0 bridgehead atoms. The van der Waals surface area contributed by atoms with Gasteiger partial charge >= 0.3 is 0 Å². The Balaban J connectivity index is 1.45. The van der Waals surface area contributed by atoms with Crippen LogP contribution in [0.15, 0.2) is 78.2 Å². The van der Waals surface area contributed by atoms with Crippen LogP contribution in [0.5, 0.6) is 5.75 Å². The van der Waals surface area contributed by atoms with Crippen LogP contribution in [0.1, 0.15) is 48.1 Å². The lowest BCUT2D eigenvalue weighted by Gasteiger charge is -2.25. The zero-order valence-corrected chi connectivity index (χ0v) is 16.7. The molecule has 4 nitrogen and oxygen atoms in total. The highest BCUT2D eigenvalue weighted by Crippen LogP contribution is 2.33. The number of hydrogen-bond donors (Lipinski definition) is 1. The first kappa shape index (κ1) is 19.2. The van der Waals surface area contributed by atoms with Crippen molar-refractivity contribution in [1.29, 1.82) is 0 Å². The fraction of sp³-hybridized carbons (Fsp3) is 0.280. The Labute approximate surface area is 171 Å². The Morgan fingerprint density at radius 2 is 1.83 bits per heavy atom. The Morgan fingerprint density at radius 1 is 1.07 bits per heavy atom. The largest absolute Gasteiger partial charge is 0.508 e. The maximum absolute atomic E-state index is 10.0. The zero-order valence-electron chi connectivity index (χ0n) is 16.7. The van der Waals surface area contributed by atoms with Crippen LogP contribution in [-0.2, 0) is 17.7 Å². The second-order valence-corrected chi connectivity index (χ2v) is 7.73. The lowest BCUT2D eigenvalue weighted by molar-refractivity contribution is 0.0863. The van der Waals surface area contributed by atoms with E-state index in [0.29, 0.717) is 11.7 Å². The molecule has 0 saturated heterocycles. The van der Waals surface area contributed by atoms with Crippen molar-refractivity contribution in [2.75, 3.05) is 0 Å². The number of pyridine rings is 1. The smallest absolute Gasteiger partial charge is 0.177 e. The van der Waals surface area contributed by atoms with E-state index in [9.17, 15) is 5.11 Å². The van der Waals surface area contributed by atoms with E-state index in [-0.39, 0.29) is 6.10 Å². The van der Waals surface area contributed by atoms with Crippen molar-refractivity contribution in [1.82, 2.24) is 4.98 Å². The highest BCUT2D eigenvalue weighted by Gasteiger charge is 2.22. The van der Waals surface area contributed by atoms with Crippen LogP contribution in [0.25, 0.3) is 0 Å². The highest BCUT2D eigenvalue weighted by molar-refractivity contribution is 5.81. The van der Waals surface area contributed by atoms with Gasteiger partial charge in [0.2, 0.25) is 0 Å². The summed E-state index contributed by atoms with van der Waals surface area (Å²) in [5.74, 6) is 0.950. The number of aromatic hydroxyl groups is 1. The number of rotatable bonds is 6. The van der Waals surface area contributed by atoms with Crippen molar-refractivity contribution in [3.63, 3.8) is 0 Å². The summed E-state index contributed by atoms with van der Waals surface area (Å²) in [6.07, 6.45) is 7.16. The molecule has 1 heterocycles. The molecule has 0 amide bonds. The molecule has 0 aliphatic heterocycles. The summed E-state index contributed by atoms with van der Waals surface area (Å²) in [5, 5.41) is 14.5. The SMILES string of the molecule is CC(CC1CCc2c(O)cccc2C1)=NOC(c1ccccc1)c1ccncc1. The van der Waals surface area contributed by atoms with Gasteiger partial charge in [0.25, 0.3) is 0 Å². The van der Waals surface area contributed by atoms with Crippen LogP contribution in [-0.4, -0.2) is 15.8 Å². The summed E-state index contributed by atoms with van der Waals surface area (Å²) in [4.78, 5) is 10.1. The third-order valence-electron chi connectivity index (χ3n) is 5.57. The molecule has 0 fully saturated rings. The van der Waals surface area contributed by atoms with Gasteiger partial charge in [-0.15, -0.1) is 0 Å². The van der Waals surface area contributed by atoms with E-state index in [1.165, 1.54) is 5.56 Å². The Morgan fingerprint density at radius 3 is 2.62 bits per heavy atom. The van der Waals surface area contributed by atoms with Gasteiger partial charge in [0.05, 0.1) is 5.71 Å². The van der Waals surface area contributed by atoms with Crippen LogP contribution < -0.4 is 0 Å². The standard InChI is InChI=1S/C25H26N2O2/c1-18(16-19-10-11-23-22(17-19)8-5-9-24(23)28)27-29-25(20-6-3-2-4-7-20)21-12-14-26-15-13-21/h2-9,12-15,19,25,28H,10-11,16-17H2,1H3. The molecular formula is C25H26N2O2. The van der Waals surface area contributed by atoms with Gasteiger partial charge in [0.1, 0.15) is 5.75 Å². The molecule has 3 aromatic rings. The third kappa shape index (κ3) is 4.65. The van der Waals surface area contributed by atoms with Gasteiger partial charge in [-0.3, -0.25) is 4.98 Å². The minimum absolute atomic E-state index is 0.252. The van der Waals surface area contributed by atoms with Crippen molar-refractivity contribution >= 4 is 5.71 Å². The summed E-state index contributed by atoms with van der Waals surface area (Å²) in [6.45, 7) is 2.03. The molecule has 0 radical (unpaired) electrons. The minimum atomic E-state index is -0.252. The molecule has 0 spiro atoms. The van der Waals surface area contributed by atoms with E-state index >= 15 is 0 Å². The number of hydrogen-bond acceptors (Lipinski definition) is 4. The van der Waals surface area contributed by atoms with E-state index in [1.54, 1.807) is 18.5 Å². The fourth-order valence-electron chi connectivity index (χ4n) is 4.11. The monoisotopic (exact) mass is 386 g/mol. The first-order valence-electron chi connectivity index (χ1n) is 10.1. The van der Waals surface area contributed by atoms with Crippen molar-refractivity contribution < 1.29 is 9.94 Å². The molecule has 148 valence electrons. The van der Waals surface area contributed by atoms with E-state index in [0.717, 1.165) is 48.1 Å². The molecule has 4 rings (SSSR count). The molecule has 2 aromatic carbocycles. The van der Waals surface area contributed by atoms with Crippen LogP contribution in [0.3, 0.4) is 0 Å². The van der Waals surface area contributed by atoms with Crippen molar-refractivity contribution in [2.24, 2.45) is 11.1 Å². The van der Waals surface area contributed by atoms with Gasteiger partial charge in [-0.05, 0) is 73.4 Å². The lowest BCUT2D eigenvalue weighted by atomic mass is 9.81. The molecule has 1 aliphatic carbocycles. The fourth-order valence-corrected chi connectivity index (χ4v) is 4.11. The zero-order chi connectivity index (χ0) is 20.1. The quantitative estimate of drug-likeness (QED) is 0.452. The minimum Gasteiger partial charge on any atom is -0.508 e. The van der Waals surface area contributed by atoms with Gasteiger partial charge in [0.15, 0.2) is 6.10 Å². The Hall–Kier alpha value is -3.14. The maximum atomic E-state index is 10.0. The topological polar surface area (TPSA) is 54.7 Å². The third-order valence-corrected chi connectivity index (χ3v) is 5.57. The second-order valence-electron chi connectivity index (χ2n) is 7.73. The van der Waals surface area contributed by atoms with Crippen LogP contribution >= 0.6 is 0 Å². The van der Waals surface area contributed by atoms with Gasteiger partial charge in [-0.25, -0.2) is 0 Å². The first-order chi connectivity index (χ1) is 14.2. The summed E-state index contributed by atoms with van der Waals surface area (Å²) < 4.78 is 0. The van der Waals surface area contributed by atoms with E-state index < -0.39 is 0 Å². The van der Waals surface area contributed by atoms with Crippen molar-refractivity contribution in [3.8, 4) is 5.75 Å². The summed E-state index contributed by atoms with van der Waals surface area (Å²) >= 11 is 0. The van der Waals surface area contributed by atoms with Crippen molar-refractivity contribution in [3.05, 3.63) is 95.3 Å². The normalized spacial score (nSPS) is 17.4. The Kier molecular flexibility index (Phi) is 5.89. The van der Waals surface area contributed by atoms with Gasteiger partial charge < -0.3 is 9.94 Å². The van der Waals surface area contributed by atoms with Gasteiger partial charge in [-0.2, -0.15) is 0 Å². The average molecular weight is 386 g/mol. The molecule has 2 atom stereocenters. The number of phenolic OH excluding ortho intramolecular Hbond substituents is 1. The van der Waals surface area contributed by atoms with Crippen LogP contribution in [0, 0.1) is 5.92 Å². The molecule has 2 unspecified atom stereocenters. The van der Waals surface area contributed by atoms with E-state index in [4.69, 9.17) is 4.84 Å². The number of fused-ring (bicyclic) bond motifs is 1. The number of aromatic nitrogens is 1. The van der Waals surface area contributed by atoms with Crippen LogP contribution in [0.2, 0.25) is 0 Å². The summed E-state index contributed by atoms with van der Waals surface area (Å²) in [6, 6.07) is 19.9. The van der Waals surface area contributed by atoms with Gasteiger partial charge in [-0.1, -0.05) is 47.6 Å². The van der Waals surface area contributed by atoms with E-state index in [1.807, 2.05) is 43.3 Å². The summed E-state index contributed by atoms with van der Waals surface area (Å²) in [5.41, 5.74) is 5.46. The molecule has 0 saturated carbocycles. The molecule has 1 N–H and O–H groups in total. The number of oxime groups is 1. The predicted molar refractivity (Wildman–Crippen MR) is 115 cm³/mol. The number of nitrogens with zero attached hydrogens (tertiary/aromatic N) is 2. The predicted octanol–water partition coefficient (Wildman–Crippen LogP) is 5.46. The molecule has 29 heavy (non-hydrogen) atoms. The molecular weight excluding hydrogens is 360 g/mol. The molecule has 1 aromatic heterocycles. The maximum Gasteiger partial charge on any atom is 0.177 e. The number of benzene rings is 2. The van der Waals surface area contributed by atoms with Gasteiger partial charge in [0, 0.05) is 18.0 Å². The molecule has 1 aliphatic rings. The lowest BCUT2D eigenvalue weighted by Crippen LogP contribution is -2.17. The molecule has 4 heteroatoms. The van der Waals surface area contributed by atoms with Crippen LogP contribution in [0.4, 0.5) is 0 Å². The average Bonchev–Trinajstić information content (AvgIpc) is 2.75. The highest BCUT2D eigenvalue weighted by atomic mass is 16.6. The van der Waals surface area contributed by atoms with Crippen molar-refractivity contribution in [2.45, 2.75) is 38.7 Å². The number of phenols is 1. The Bertz CT molecular complexity index is 931. The first-order valence-corrected chi connectivity index (χ1v) is 10.1. The van der Waals surface area contributed by atoms with E-state index in [2.05, 4.69) is 28.3 Å². The summed E-state index contributed by atoms with van der Waals surface area (Å²) in [7, 11) is 0.